The third-order valence-electron chi connectivity index (χ3n) is 6.53. The van der Waals surface area contributed by atoms with Gasteiger partial charge in [0.1, 0.15) is 5.56 Å². The van der Waals surface area contributed by atoms with Crippen molar-refractivity contribution in [3.63, 3.8) is 0 Å². The van der Waals surface area contributed by atoms with Gasteiger partial charge in [0.2, 0.25) is 0 Å². The minimum absolute atomic E-state index is 0.0795. The molecule has 4 rings (SSSR count). The molecule has 2 heterocycles. The van der Waals surface area contributed by atoms with E-state index in [1.54, 1.807) is 11.0 Å². The first kappa shape index (κ1) is 27.7. The number of likely N-dealkylation sites (N-methyl/N-ethyl adjacent to an activating group) is 1. The molecule has 1 aliphatic carbocycles. The van der Waals surface area contributed by atoms with Gasteiger partial charge in [0.25, 0.3) is 24.4 Å². The summed E-state index contributed by atoms with van der Waals surface area (Å²) >= 11 is 0. The van der Waals surface area contributed by atoms with Gasteiger partial charge in [-0.3, -0.25) is 19.2 Å². The minimum atomic E-state index is -0.660. The molecule has 0 radical (unpaired) electrons. The summed E-state index contributed by atoms with van der Waals surface area (Å²) in [7, 11) is 1.96. The first-order valence-corrected chi connectivity index (χ1v) is 11.0. The van der Waals surface area contributed by atoms with Crippen molar-refractivity contribution < 1.29 is 34.8 Å². The van der Waals surface area contributed by atoms with E-state index >= 15 is 0 Å². The number of aromatic nitrogens is 1. The number of hydrogen-bond acceptors (Lipinski definition) is 7. The molecule has 5 N–H and O–H groups in total. The number of carbonyl (C=O) groups is 3. The van der Waals surface area contributed by atoms with E-state index in [9.17, 15) is 19.8 Å². The van der Waals surface area contributed by atoms with Crippen molar-refractivity contribution in [3.05, 3.63) is 70.1 Å². The number of carboxylic acid groups (broad SMARTS) is 2. The maximum Gasteiger partial charge on any atom is 0.290 e. The summed E-state index contributed by atoms with van der Waals surface area (Å²) in [6.07, 6.45) is 0.839. The van der Waals surface area contributed by atoms with Crippen molar-refractivity contribution in [2.45, 2.75) is 12.0 Å². The van der Waals surface area contributed by atoms with E-state index in [2.05, 4.69) is 22.0 Å². The smallest absolute Gasteiger partial charge is 0.290 e. The number of aliphatic hydroxyl groups excluding tert-OH is 2. The predicted octanol–water partition coefficient (Wildman–Crippen LogP) is -0.0827. The number of nitrogens with one attached hydrogen (secondary N) is 1. The van der Waals surface area contributed by atoms with E-state index in [0.717, 1.165) is 12.1 Å². The van der Waals surface area contributed by atoms with Crippen LogP contribution in [0.5, 0.6) is 0 Å². The summed E-state index contributed by atoms with van der Waals surface area (Å²) in [6.45, 7) is 1.50. The molecule has 1 saturated carbocycles. The van der Waals surface area contributed by atoms with Gasteiger partial charge in [0.15, 0.2) is 0 Å². The molecule has 2 fully saturated rings. The first-order valence-electron chi connectivity index (χ1n) is 11.0. The van der Waals surface area contributed by atoms with Crippen molar-refractivity contribution in [2.24, 2.45) is 11.3 Å². The molecule has 190 valence electrons. The molecular formula is C24H31N3O8. The van der Waals surface area contributed by atoms with Gasteiger partial charge in [-0.15, -0.1) is 0 Å². The van der Waals surface area contributed by atoms with Crippen LogP contribution in [0.1, 0.15) is 21.8 Å². The molecule has 35 heavy (non-hydrogen) atoms. The van der Waals surface area contributed by atoms with Gasteiger partial charge in [-0.1, -0.05) is 30.3 Å². The fourth-order valence-electron chi connectivity index (χ4n) is 5.08. The van der Waals surface area contributed by atoms with Crippen molar-refractivity contribution >= 4 is 18.9 Å². The quantitative estimate of drug-likeness (QED) is 0.348. The minimum Gasteiger partial charge on any atom is -0.483 e. The first-order chi connectivity index (χ1) is 16.8. The second kappa shape index (κ2) is 12.8. The maximum absolute atomic E-state index is 13.0. The number of carbonyl (C=O) groups excluding carboxylic acids is 1. The zero-order valence-electron chi connectivity index (χ0n) is 19.4. The number of β-amino-alcohol motifs (C(OH)–C–C–N with tert-alkyl or cyclic N) is 1. The van der Waals surface area contributed by atoms with E-state index in [-0.39, 0.29) is 49.4 Å². The Morgan fingerprint density at radius 2 is 1.80 bits per heavy atom. The molecular weight excluding hydrogens is 458 g/mol. The Hall–Kier alpha value is -3.54. The summed E-state index contributed by atoms with van der Waals surface area (Å²) in [5.74, 6) is -0.0426. The highest BCUT2D eigenvalue weighted by atomic mass is 16.3. The number of hydrogen-bond donors (Lipinski definition) is 5. The van der Waals surface area contributed by atoms with Crippen LogP contribution in [0, 0.1) is 11.3 Å². The van der Waals surface area contributed by atoms with Gasteiger partial charge in [0, 0.05) is 37.8 Å². The number of nitrogens with zero attached hydrogens (tertiary/aromatic N) is 2. The largest absolute Gasteiger partial charge is 0.483 e. The fraction of sp³-hybridized carbons (Fsp3) is 0.417. The van der Waals surface area contributed by atoms with E-state index < -0.39 is 17.1 Å². The van der Waals surface area contributed by atoms with Gasteiger partial charge in [-0.05, 0) is 36.6 Å². The van der Waals surface area contributed by atoms with Gasteiger partial charge in [-0.25, -0.2) is 0 Å². The fourth-order valence-corrected chi connectivity index (χ4v) is 5.08. The summed E-state index contributed by atoms with van der Waals surface area (Å²) in [5.41, 5.74) is 0.411. The Labute approximate surface area is 202 Å². The van der Waals surface area contributed by atoms with E-state index in [1.807, 2.05) is 25.2 Å². The molecule has 11 nitrogen and oxygen atoms in total. The van der Waals surface area contributed by atoms with Crippen LogP contribution in [0.3, 0.4) is 0 Å². The Balaban J connectivity index is 0.000000655. The number of H-pyrrole nitrogens is 1. The summed E-state index contributed by atoms with van der Waals surface area (Å²) in [4.78, 5) is 47.9. The summed E-state index contributed by atoms with van der Waals surface area (Å²) in [5, 5.41) is 34.1. The van der Waals surface area contributed by atoms with Crippen molar-refractivity contribution in [1.29, 1.82) is 0 Å². The Kier molecular flexibility index (Phi) is 10.1. The van der Waals surface area contributed by atoms with Crippen molar-refractivity contribution in [2.75, 3.05) is 39.8 Å². The van der Waals surface area contributed by atoms with E-state index in [1.165, 1.54) is 12.3 Å². The lowest BCUT2D eigenvalue weighted by Crippen LogP contribution is -2.34. The topological polar surface area (TPSA) is 171 Å². The monoisotopic (exact) mass is 489 g/mol. The van der Waals surface area contributed by atoms with Gasteiger partial charge >= 0.3 is 0 Å². The highest BCUT2D eigenvalue weighted by molar-refractivity contribution is 5.94. The number of aromatic amines is 1. The second-order valence-electron chi connectivity index (χ2n) is 8.42. The average molecular weight is 490 g/mol. The number of rotatable bonds is 6. The number of likely N-dealkylation sites (tertiary alicyclic amines) is 1. The average Bonchev–Trinajstić information content (AvgIpc) is 3.32. The molecule has 1 aromatic heterocycles. The van der Waals surface area contributed by atoms with Crippen molar-refractivity contribution in [3.8, 4) is 0 Å². The molecule has 1 saturated heterocycles. The standard InChI is InChI=1S/C22H27N3O4.2CH2O2/c1-24(10-11-26)12-17-19(15-6-3-2-4-7-15)22(17)14-25(13-18(22)27)21(29)16-8-5-9-23-20(16)28;2*2-1-3/h2-9,17-19,26-27H,10-14H2,1H3,(H,23,28);2*1H,(H,2,3)/t17-,18-,19-,22-;;/m1../s1. The van der Waals surface area contributed by atoms with Crippen LogP contribution < -0.4 is 5.56 Å². The number of amides is 1. The molecule has 1 aliphatic heterocycles. The zero-order chi connectivity index (χ0) is 26.0. The Morgan fingerprint density at radius 1 is 1.17 bits per heavy atom. The number of pyridine rings is 1. The molecule has 1 amide bonds. The molecule has 2 aliphatic rings. The van der Waals surface area contributed by atoms with Crippen LogP contribution in [-0.2, 0) is 9.59 Å². The van der Waals surface area contributed by atoms with Crippen molar-refractivity contribution in [1.82, 2.24) is 14.8 Å². The highest BCUT2D eigenvalue weighted by Gasteiger charge is 2.71. The lowest BCUT2D eigenvalue weighted by atomic mass is 9.95. The van der Waals surface area contributed by atoms with Gasteiger partial charge in [-0.2, -0.15) is 0 Å². The number of benzene rings is 1. The summed E-state index contributed by atoms with van der Waals surface area (Å²) in [6, 6.07) is 13.2. The maximum atomic E-state index is 13.0. The Bertz CT molecular complexity index is 1020. The lowest BCUT2D eigenvalue weighted by molar-refractivity contribution is -0.123. The van der Waals surface area contributed by atoms with Crippen LogP contribution in [0.25, 0.3) is 0 Å². The van der Waals surface area contributed by atoms with Crippen LogP contribution in [-0.4, -0.2) is 100.0 Å². The second-order valence-corrected chi connectivity index (χ2v) is 8.42. The lowest BCUT2D eigenvalue weighted by Gasteiger charge is -2.19. The van der Waals surface area contributed by atoms with Crippen LogP contribution in [0.15, 0.2) is 53.5 Å². The normalized spacial score (nSPS) is 24.1. The molecule has 1 spiro atoms. The Morgan fingerprint density at radius 3 is 2.37 bits per heavy atom. The van der Waals surface area contributed by atoms with Gasteiger partial charge < -0.3 is 35.2 Å². The third-order valence-corrected chi connectivity index (χ3v) is 6.53. The molecule has 0 unspecified atom stereocenters. The molecule has 2 aromatic rings. The third kappa shape index (κ3) is 6.13. The van der Waals surface area contributed by atoms with E-state index in [0.29, 0.717) is 13.1 Å². The predicted molar refractivity (Wildman–Crippen MR) is 126 cm³/mol. The SMILES string of the molecule is CN(CCO)C[C@@H]1[C@@H](c2ccccc2)[C@]12CN(C(=O)c1ccc[nH]c1=O)C[C@H]2O.O=CO.O=CO. The summed E-state index contributed by atoms with van der Waals surface area (Å²) < 4.78 is 0. The van der Waals surface area contributed by atoms with Crippen LogP contribution in [0.2, 0.25) is 0 Å². The van der Waals surface area contributed by atoms with E-state index in [4.69, 9.17) is 19.8 Å². The van der Waals surface area contributed by atoms with Crippen LogP contribution >= 0.6 is 0 Å². The number of aliphatic hydroxyl groups is 2. The molecule has 11 heteroatoms. The zero-order valence-corrected chi connectivity index (χ0v) is 19.4. The highest BCUT2D eigenvalue weighted by Crippen LogP contribution is 2.69. The molecule has 0 bridgehead atoms. The molecule has 4 atom stereocenters. The molecule has 1 aromatic carbocycles. The van der Waals surface area contributed by atoms with Crippen LogP contribution in [0.4, 0.5) is 0 Å². The van der Waals surface area contributed by atoms with Gasteiger partial charge in [0.05, 0.1) is 12.7 Å².